The van der Waals surface area contributed by atoms with Crippen LogP contribution in [-0.2, 0) is 4.74 Å². The van der Waals surface area contributed by atoms with Gasteiger partial charge in [-0.05, 0) is 39.2 Å². The Morgan fingerprint density at radius 1 is 1.56 bits per heavy atom. The smallest absolute Gasteiger partial charge is 0.410 e. The van der Waals surface area contributed by atoms with Gasteiger partial charge in [0.2, 0.25) is 0 Å². The van der Waals surface area contributed by atoms with Gasteiger partial charge in [-0.1, -0.05) is 22.5 Å². The average Bonchev–Trinajstić information content (AvgIpc) is 2.62. The fourth-order valence-corrected chi connectivity index (χ4v) is 2.19. The highest BCUT2D eigenvalue weighted by atomic mass is 79.9. The third-order valence-corrected chi connectivity index (χ3v) is 3.24. The molecule has 0 bridgehead atoms. The van der Waals surface area contributed by atoms with Crippen LogP contribution in [0.15, 0.2) is 12.2 Å². The Balaban J connectivity index is 2.65. The SMILES string of the molecule is C=C(CBr)C1CCCN1C(=O)OC(C)(C)C. The van der Waals surface area contributed by atoms with Crippen molar-refractivity contribution in [1.29, 1.82) is 0 Å². The molecular formula is C12H20BrNO2. The van der Waals surface area contributed by atoms with E-state index in [9.17, 15) is 4.79 Å². The Labute approximate surface area is 106 Å². The highest BCUT2D eigenvalue weighted by Crippen LogP contribution is 2.25. The van der Waals surface area contributed by atoms with Gasteiger partial charge in [-0.3, -0.25) is 0 Å². The minimum Gasteiger partial charge on any atom is -0.444 e. The molecule has 1 amide bonds. The third kappa shape index (κ3) is 3.51. The van der Waals surface area contributed by atoms with E-state index < -0.39 is 5.60 Å². The van der Waals surface area contributed by atoms with Crippen LogP contribution in [0.4, 0.5) is 4.79 Å². The molecule has 1 aliphatic rings. The highest BCUT2D eigenvalue weighted by Gasteiger charge is 2.33. The number of carbonyl (C=O) groups excluding carboxylic acids is 1. The Bertz CT molecular complexity index is 283. The van der Waals surface area contributed by atoms with E-state index in [-0.39, 0.29) is 12.1 Å². The van der Waals surface area contributed by atoms with Crippen LogP contribution in [0.2, 0.25) is 0 Å². The summed E-state index contributed by atoms with van der Waals surface area (Å²) in [6.07, 6.45) is 1.79. The zero-order chi connectivity index (χ0) is 12.3. The number of amides is 1. The molecule has 1 saturated heterocycles. The largest absolute Gasteiger partial charge is 0.444 e. The number of alkyl halides is 1. The van der Waals surface area contributed by atoms with Gasteiger partial charge in [0.25, 0.3) is 0 Å². The first-order valence-corrected chi connectivity index (χ1v) is 6.70. The van der Waals surface area contributed by atoms with Gasteiger partial charge >= 0.3 is 6.09 Å². The first kappa shape index (κ1) is 13.6. The van der Waals surface area contributed by atoms with Gasteiger partial charge in [-0.25, -0.2) is 4.79 Å². The van der Waals surface area contributed by atoms with Crippen LogP contribution in [-0.4, -0.2) is 34.5 Å². The molecule has 1 rings (SSSR count). The summed E-state index contributed by atoms with van der Waals surface area (Å²) in [7, 11) is 0. The molecule has 16 heavy (non-hydrogen) atoms. The van der Waals surface area contributed by atoms with Crippen LogP contribution in [0.25, 0.3) is 0 Å². The van der Waals surface area contributed by atoms with Crippen molar-refractivity contribution in [2.75, 3.05) is 11.9 Å². The van der Waals surface area contributed by atoms with Crippen molar-refractivity contribution in [1.82, 2.24) is 4.90 Å². The molecule has 1 fully saturated rings. The predicted molar refractivity (Wildman–Crippen MR) is 68.9 cm³/mol. The summed E-state index contributed by atoms with van der Waals surface area (Å²) >= 11 is 3.38. The normalized spacial score (nSPS) is 21.0. The van der Waals surface area contributed by atoms with Gasteiger partial charge in [0.05, 0.1) is 6.04 Å². The molecule has 1 unspecified atom stereocenters. The van der Waals surface area contributed by atoms with E-state index in [2.05, 4.69) is 22.5 Å². The molecule has 0 spiro atoms. The Kier molecular flexibility index (Phi) is 4.42. The lowest BCUT2D eigenvalue weighted by Crippen LogP contribution is -2.40. The average molecular weight is 290 g/mol. The summed E-state index contributed by atoms with van der Waals surface area (Å²) in [4.78, 5) is 13.7. The van der Waals surface area contributed by atoms with Crippen molar-refractivity contribution >= 4 is 22.0 Å². The maximum atomic E-state index is 11.9. The van der Waals surface area contributed by atoms with E-state index in [4.69, 9.17) is 4.74 Å². The fraction of sp³-hybridized carbons (Fsp3) is 0.750. The van der Waals surface area contributed by atoms with Gasteiger partial charge in [0, 0.05) is 11.9 Å². The fourth-order valence-electron chi connectivity index (χ4n) is 1.82. The number of rotatable bonds is 2. The van der Waals surface area contributed by atoms with E-state index in [1.165, 1.54) is 0 Å². The number of halogens is 1. The number of hydrogen-bond donors (Lipinski definition) is 0. The zero-order valence-corrected chi connectivity index (χ0v) is 11.8. The van der Waals surface area contributed by atoms with Crippen LogP contribution in [0.3, 0.4) is 0 Å². The Morgan fingerprint density at radius 2 is 2.19 bits per heavy atom. The second-order valence-electron chi connectivity index (χ2n) is 5.12. The van der Waals surface area contributed by atoms with Crippen LogP contribution in [0.1, 0.15) is 33.6 Å². The molecule has 0 saturated carbocycles. The topological polar surface area (TPSA) is 29.5 Å². The summed E-state index contributed by atoms with van der Waals surface area (Å²) in [5, 5.41) is 0.733. The summed E-state index contributed by atoms with van der Waals surface area (Å²) < 4.78 is 5.38. The minimum atomic E-state index is -0.431. The van der Waals surface area contributed by atoms with Gasteiger partial charge in [0.15, 0.2) is 0 Å². The van der Waals surface area contributed by atoms with Gasteiger partial charge in [-0.15, -0.1) is 0 Å². The molecule has 0 aromatic rings. The van der Waals surface area contributed by atoms with Crippen molar-refractivity contribution in [3.05, 3.63) is 12.2 Å². The van der Waals surface area contributed by atoms with Crippen LogP contribution < -0.4 is 0 Å². The van der Waals surface area contributed by atoms with E-state index in [1.54, 1.807) is 4.90 Å². The number of nitrogens with zero attached hydrogens (tertiary/aromatic N) is 1. The Morgan fingerprint density at radius 3 is 2.69 bits per heavy atom. The number of ether oxygens (including phenoxy) is 1. The van der Waals surface area contributed by atoms with Gasteiger partial charge in [0.1, 0.15) is 5.60 Å². The lowest BCUT2D eigenvalue weighted by atomic mass is 10.1. The van der Waals surface area contributed by atoms with Crippen LogP contribution >= 0.6 is 15.9 Å². The molecule has 0 radical (unpaired) electrons. The molecule has 1 aliphatic heterocycles. The molecule has 0 aliphatic carbocycles. The maximum absolute atomic E-state index is 11.9. The first-order valence-electron chi connectivity index (χ1n) is 5.58. The molecule has 1 heterocycles. The molecule has 4 heteroatoms. The molecule has 92 valence electrons. The molecule has 0 N–H and O–H groups in total. The van der Waals surface area contributed by atoms with E-state index >= 15 is 0 Å². The molecular weight excluding hydrogens is 270 g/mol. The highest BCUT2D eigenvalue weighted by molar-refractivity contribution is 9.09. The van der Waals surface area contributed by atoms with Crippen LogP contribution in [0, 0.1) is 0 Å². The standard InChI is InChI=1S/C12H20BrNO2/c1-9(8-13)10-6-5-7-14(10)11(15)16-12(2,3)4/h10H,1,5-8H2,2-4H3. The third-order valence-electron chi connectivity index (χ3n) is 2.52. The Hall–Kier alpha value is -0.510. The minimum absolute atomic E-state index is 0.134. The second kappa shape index (κ2) is 5.21. The number of hydrogen-bond acceptors (Lipinski definition) is 2. The summed E-state index contributed by atoms with van der Waals surface area (Å²) in [6.45, 7) is 10.4. The second-order valence-corrected chi connectivity index (χ2v) is 5.68. The quantitative estimate of drug-likeness (QED) is 0.576. The van der Waals surface area contributed by atoms with E-state index in [0.717, 1.165) is 30.3 Å². The van der Waals surface area contributed by atoms with Crippen molar-refractivity contribution in [2.24, 2.45) is 0 Å². The monoisotopic (exact) mass is 289 g/mol. The molecule has 0 aromatic heterocycles. The van der Waals surface area contributed by atoms with Gasteiger partial charge < -0.3 is 9.64 Å². The number of carbonyl (C=O) groups is 1. The van der Waals surface area contributed by atoms with Crippen molar-refractivity contribution in [3.63, 3.8) is 0 Å². The lowest BCUT2D eigenvalue weighted by Gasteiger charge is -2.29. The van der Waals surface area contributed by atoms with Crippen LogP contribution in [0.5, 0.6) is 0 Å². The zero-order valence-electron chi connectivity index (χ0n) is 10.3. The van der Waals surface area contributed by atoms with Gasteiger partial charge in [-0.2, -0.15) is 0 Å². The van der Waals surface area contributed by atoms with E-state index in [1.807, 2.05) is 20.8 Å². The van der Waals surface area contributed by atoms with Crippen molar-refractivity contribution in [2.45, 2.75) is 45.3 Å². The summed E-state index contributed by atoms with van der Waals surface area (Å²) in [6, 6.07) is 0.134. The van der Waals surface area contributed by atoms with Crippen molar-refractivity contribution < 1.29 is 9.53 Å². The predicted octanol–water partition coefficient (Wildman–Crippen LogP) is 3.34. The molecule has 0 aromatic carbocycles. The van der Waals surface area contributed by atoms with Crippen molar-refractivity contribution in [3.8, 4) is 0 Å². The number of likely N-dealkylation sites (tertiary alicyclic amines) is 1. The van der Waals surface area contributed by atoms with E-state index in [0.29, 0.717) is 0 Å². The lowest BCUT2D eigenvalue weighted by molar-refractivity contribution is 0.0250. The molecule has 1 atom stereocenters. The first-order chi connectivity index (χ1) is 7.35. The maximum Gasteiger partial charge on any atom is 0.410 e. The summed E-state index contributed by atoms with van der Waals surface area (Å²) in [5.41, 5.74) is 0.614. The summed E-state index contributed by atoms with van der Waals surface area (Å²) in [5.74, 6) is 0. The molecule has 3 nitrogen and oxygen atoms in total.